The van der Waals surface area contributed by atoms with Gasteiger partial charge in [0.15, 0.2) is 0 Å². The summed E-state index contributed by atoms with van der Waals surface area (Å²) in [5.41, 5.74) is 3.22. The van der Waals surface area contributed by atoms with Crippen molar-refractivity contribution in [2.45, 2.75) is 13.0 Å². The minimum absolute atomic E-state index is 0.0705. The second-order valence-corrected chi connectivity index (χ2v) is 4.70. The highest BCUT2D eigenvalue weighted by molar-refractivity contribution is 5.36. The van der Waals surface area contributed by atoms with Crippen molar-refractivity contribution in [3.8, 4) is 5.69 Å². The normalized spacial score (nSPS) is 10.7. The maximum absolute atomic E-state index is 9.09. The molecule has 2 aromatic carbocycles. The number of rotatable bonds is 4. The summed E-state index contributed by atoms with van der Waals surface area (Å²) in [6.07, 6.45) is 4.58. The van der Waals surface area contributed by atoms with Gasteiger partial charge in [-0.1, -0.05) is 42.5 Å². The summed E-state index contributed by atoms with van der Waals surface area (Å²) < 4.78 is 2.08. The van der Waals surface area contributed by atoms with Crippen LogP contribution in [0.1, 0.15) is 17.0 Å². The van der Waals surface area contributed by atoms with Crippen molar-refractivity contribution in [2.24, 2.45) is 0 Å². The lowest BCUT2D eigenvalue weighted by molar-refractivity contribution is 0.282. The zero-order valence-corrected chi connectivity index (χ0v) is 11.1. The van der Waals surface area contributed by atoms with Gasteiger partial charge in [0.2, 0.25) is 0 Å². The molecule has 0 unspecified atom stereocenters. The molecule has 20 heavy (non-hydrogen) atoms. The Hall–Kier alpha value is -2.39. The van der Waals surface area contributed by atoms with Crippen molar-refractivity contribution < 1.29 is 5.11 Å². The number of hydrogen-bond acceptors (Lipinski definition) is 2. The minimum Gasteiger partial charge on any atom is -0.392 e. The fourth-order valence-electron chi connectivity index (χ4n) is 2.24. The zero-order valence-electron chi connectivity index (χ0n) is 11.1. The van der Waals surface area contributed by atoms with Crippen LogP contribution in [0.2, 0.25) is 0 Å². The minimum atomic E-state index is 0.0705. The fraction of sp³-hybridized carbons (Fsp3) is 0.118. The molecule has 0 aliphatic heterocycles. The Morgan fingerprint density at radius 2 is 1.65 bits per heavy atom. The summed E-state index contributed by atoms with van der Waals surface area (Å²) >= 11 is 0. The largest absolute Gasteiger partial charge is 0.392 e. The van der Waals surface area contributed by atoms with Crippen LogP contribution in [0.4, 0.5) is 0 Å². The van der Waals surface area contributed by atoms with E-state index in [4.69, 9.17) is 5.11 Å². The van der Waals surface area contributed by atoms with Gasteiger partial charge in [0.1, 0.15) is 5.82 Å². The Morgan fingerprint density at radius 1 is 0.900 bits per heavy atom. The first kappa shape index (κ1) is 12.6. The smallest absolute Gasteiger partial charge is 0.117 e. The molecular formula is C17H16N2O. The number of nitrogens with zero attached hydrogens (tertiary/aromatic N) is 2. The average molecular weight is 264 g/mol. The van der Waals surface area contributed by atoms with Crippen molar-refractivity contribution in [1.82, 2.24) is 9.55 Å². The molecule has 1 aromatic heterocycles. The molecule has 0 aliphatic rings. The van der Waals surface area contributed by atoms with Crippen molar-refractivity contribution >= 4 is 0 Å². The average Bonchev–Trinajstić information content (AvgIpc) is 2.96. The quantitative estimate of drug-likeness (QED) is 0.786. The van der Waals surface area contributed by atoms with E-state index < -0.39 is 0 Å². The van der Waals surface area contributed by atoms with Crippen LogP contribution in [-0.2, 0) is 13.0 Å². The van der Waals surface area contributed by atoms with Gasteiger partial charge in [-0.2, -0.15) is 0 Å². The molecule has 3 nitrogen and oxygen atoms in total. The van der Waals surface area contributed by atoms with Crippen molar-refractivity contribution in [2.75, 3.05) is 0 Å². The van der Waals surface area contributed by atoms with Gasteiger partial charge in [-0.25, -0.2) is 4.98 Å². The Balaban J connectivity index is 1.89. The van der Waals surface area contributed by atoms with Gasteiger partial charge in [-0.3, -0.25) is 0 Å². The molecule has 3 rings (SSSR count). The van der Waals surface area contributed by atoms with Crippen LogP contribution in [0.25, 0.3) is 5.69 Å². The molecule has 1 N–H and O–H groups in total. The molecule has 0 amide bonds. The van der Waals surface area contributed by atoms with Gasteiger partial charge in [-0.15, -0.1) is 0 Å². The molecule has 0 spiro atoms. The molecule has 0 aliphatic carbocycles. The molecular weight excluding hydrogens is 248 g/mol. The molecule has 1 heterocycles. The predicted molar refractivity (Wildman–Crippen MR) is 78.7 cm³/mol. The molecule has 0 saturated carbocycles. The van der Waals surface area contributed by atoms with E-state index in [0.717, 1.165) is 23.5 Å². The highest BCUT2D eigenvalue weighted by atomic mass is 16.3. The Bertz CT molecular complexity index is 672. The molecule has 0 radical (unpaired) electrons. The maximum Gasteiger partial charge on any atom is 0.117 e. The van der Waals surface area contributed by atoms with E-state index in [1.165, 1.54) is 5.56 Å². The Kier molecular flexibility index (Phi) is 3.61. The van der Waals surface area contributed by atoms with Crippen molar-refractivity contribution in [3.05, 3.63) is 83.9 Å². The van der Waals surface area contributed by atoms with Crippen LogP contribution >= 0.6 is 0 Å². The van der Waals surface area contributed by atoms with E-state index in [1.54, 1.807) is 0 Å². The van der Waals surface area contributed by atoms with Crippen LogP contribution in [0.15, 0.2) is 67.0 Å². The Labute approximate surface area is 118 Å². The van der Waals surface area contributed by atoms with Crippen molar-refractivity contribution in [1.29, 1.82) is 0 Å². The molecule has 3 aromatic rings. The van der Waals surface area contributed by atoms with Gasteiger partial charge in [0.25, 0.3) is 0 Å². The van der Waals surface area contributed by atoms with E-state index in [-0.39, 0.29) is 6.61 Å². The van der Waals surface area contributed by atoms with E-state index >= 15 is 0 Å². The number of hydrogen-bond donors (Lipinski definition) is 1. The number of aliphatic hydroxyl groups excluding tert-OH is 1. The summed E-state index contributed by atoms with van der Waals surface area (Å²) in [7, 11) is 0. The zero-order chi connectivity index (χ0) is 13.8. The first-order chi connectivity index (χ1) is 9.86. The first-order valence-corrected chi connectivity index (χ1v) is 6.63. The lowest BCUT2D eigenvalue weighted by atomic mass is 10.1. The van der Waals surface area contributed by atoms with E-state index in [2.05, 4.69) is 21.7 Å². The van der Waals surface area contributed by atoms with E-state index in [1.807, 2.05) is 54.9 Å². The van der Waals surface area contributed by atoms with Crippen LogP contribution in [0.5, 0.6) is 0 Å². The third-order valence-corrected chi connectivity index (χ3v) is 3.32. The Morgan fingerprint density at radius 3 is 2.35 bits per heavy atom. The molecule has 0 bridgehead atoms. The topological polar surface area (TPSA) is 38.0 Å². The third kappa shape index (κ3) is 2.63. The predicted octanol–water partition coefficient (Wildman–Crippen LogP) is 2.96. The van der Waals surface area contributed by atoms with Gasteiger partial charge in [0.05, 0.1) is 6.61 Å². The maximum atomic E-state index is 9.09. The summed E-state index contributed by atoms with van der Waals surface area (Å²) in [6, 6.07) is 18.2. The van der Waals surface area contributed by atoms with Gasteiger partial charge < -0.3 is 9.67 Å². The second kappa shape index (κ2) is 5.72. The fourth-order valence-corrected chi connectivity index (χ4v) is 2.24. The standard InChI is InChI=1S/C17H16N2O/c20-13-15-6-8-16(9-7-15)19-11-10-18-17(19)12-14-4-2-1-3-5-14/h1-11,20H,12-13H2. The molecule has 3 heteroatoms. The molecule has 0 atom stereocenters. The van der Waals surface area contributed by atoms with Crippen LogP contribution in [-0.4, -0.2) is 14.7 Å². The van der Waals surface area contributed by atoms with Crippen LogP contribution in [0.3, 0.4) is 0 Å². The number of imidazole rings is 1. The van der Waals surface area contributed by atoms with Gasteiger partial charge in [0, 0.05) is 24.5 Å². The van der Waals surface area contributed by atoms with E-state index in [9.17, 15) is 0 Å². The second-order valence-electron chi connectivity index (χ2n) is 4.70. The molecule has 0 fully saturated rings. The highest BCUT2D eigenvalue weighted by Gasteiger charge is 2.06. The van der Waals surface area contributed by atoms with E-state index in [0.29, 0.717) is 0 Å². The lowest BCUT2D eigenvalue weighted by Crippen LogP contribution is -2.01. The number of aromatic nitrogens is 2. The highest BCUT2D eigenvalue weighted by Crippen LogP contribution is 2.15. The van der Waals surface area contributed by atoms with Gasteiger partial charge in [-0.05, 0) is 23.3 Å². The monoisotopic (exact) mass is 264 g/mol. The SMILES string of the molecule is OCc1ccc(-n2ccnc2Cc2ccccc2)cc1. The molecule has 0 saturated heterocycles. The summed E-state index contributed by atoms with van der Waals surface area (Å²) in [5.74, 6) is 1.01. The first-order valence-electron chi connectivity index (χ1n) is 6.63. The third-order valence-electron chi connectivity index (χ3n) is 3.32. The van der Waals surface area contributed by atoms with Crippen LogP contribution < -0.4 is 0 Å². The van der Waals surface area contributed by atoms with Crippen molar-refractivity contribution in [3.63, 3.8) is 0 Å². The summed E-state index contributed by atoms with van der Waals surface area (Å²) in [6.45, 7) is 0.0705. The van der Waals surface area contributed by atoms with Crippen LogP contribution in [0, 0.1) is 0 Å². The number of benzene rings is 2. The molecule has 100 valence electrons. The lowest BCUT2D eigenvalue weighted by Gasteiger charge is -2.08. The van der Waals surface area contributed by atoms with Gasteiger partial charge >= 0.3 is 0 Å². The summed E-state index contributed by atoms with van der Waals surface area (Å²) in [4.78, 5) is 4.44. The number of aliphatic hydroxyl groups is 1. The summed E-state index contributed by atoms with van der Waals surface area (Å²) in [5, 5.41) is 9.09.